The minimum absolute atomic E-state index is 0.215. The zero-order valence-corrected chi connectivity index (χ0v) is 21.1. The van der Waals surface area contributed by atoms with Crippen molar-refractivity contribution in [3.63, 3.8) is 0 Å². The standard InChI is InChI=1S/C26H20BrClN2O5/c1-15-4-3-5-19(10-15)30-25(32)20(24(31)29-26(30)33)11-17-12-21(28)23(22(13-17)34-2)35-14-16-6-8-18(27)9-7-16/h3-13H,14H2,1-2H3,(H,29,31,33)/b20-11+. The van der Waals surface area contributed by atoms with E-state index < -0.39 is 17.8 Å². The minimum atomic E-state index is -0.810. The Morgan fingerprint density at radius 2 is 1.80 bits per heavy atom. The lowest BCUT2D eigenvalue weighted by molar-refractivity contribution is -0.122. The van der Waals surface area contributed by atoms with Gasteiger partial charge in [-0.3, -0.25) is 14.9 Å². The highest BCUT2D eigenvalue weighted by Crippen LogP contribution is 2.38. The summed E-state index contributed by atoms with van der Waals surface area (Å²) in [4.78, 5) is 39.0. The fourth-order valence-electron chi connectivity index (χ4n) is 3.52. The average Bonchev–Trinajstić information content (AvgIpc) is 2.82. The van der Waals surface area contributed by atoms with E-state index in [4.69, 9.17) is 21.1 Å². The van der Waals surface area contributed by atoms with Crippen LogP contribution >= 0.6 is 27.5 Å². The first-order chi connectivity index (χ1) is 16.8. The number of carbonyl (C=O) groups excluding carboxylic acids is 3. The first-order valence-electron chi connectivity index (χ1n) is 10.5. The van der Waals surface area contributed by atoms with Gasteiger partial charge in [0.15, 0.2) is 11.5 Å². The number of imide groups is 2. The second-order valence-electron chi connectivity index (χ2n) is 7.75. The van der Waals surface area contributed by atoms with Gasteiger partial charge in [0.2, 0.25) is 0 Å². The van der Waals surface area contributed by atoms with Gasteiger partial charge in [-0.05, 0) is 66.1 Å². The van der Waals surface area contributed by atoms with Crippen LogP contribution in [0.5, 0.6) is 11.5 Å². The molecular formula is C26H20BrClN2O5. The van der Waals surface area contributed by atoms with Gasteiger partial charge in [-0.15, -0.1) is 0 Å². The molecule has 1 fully saturated rings. The number of nitrogens with one attached hydrogen (secondary N) is 1. The molecule has 1 heterocycles. The maximum absolute atomic E-state index is 13.1. The molecular weight excluding hydrogens is 536 g/mol. The third kappa shape index (κ3) is 5.39. The van der Waals surface area contributed by atoms with E-state index in [1.807, 2.05) is 37.3 Å². The average molecular weight is 556 g/mol. The summed E-state index contributed by atoms with van der Waals surface area (Å²) >= 11 is 9.86. The van der Waals surface area contributed by atoms with Gasteiger partial charge < -0.3 is 9.47 Å². The van der Waals surface area contributed by atoms with Crippen molar-refractivity contribution in [2.24, 2.45) is 0 Å². The predicted octanol–water partition coefficient (Wildman–Crippen LogP) is 5.66. The van der Waals surface area contributed by atoms with Crippen molar-refractivity contribution in [1.29, 1.82) is 0 Å². The number of methoxy groups -OCH3 is 1. The topological polar surface area (TPSA) is 84.9 Å². The number of aryl methyl sites for hydroxylation is 1. The molecule has 0 radical (unpaired) electrons. The molecule has 0 aliphatic carbocycles. The molecule has 1 aliphatic heterocycles. The number of nitrogens with zero attached hydrogens (tertiary/aromatic N) is 1. The maximum atomic E-state index is 13.1. The number of barbiturate groups is 1. The highest BCUT2D eigenvalue weighted by molar-refractivity contribution is 9.10. The van der Waals surface area contributed by atoms with Crippen LogP contribution in [-0.4, -0.2) is 25.0 Å². The summed E-state index contributed by atoms with van der Waals surface area (Å²) < 4.78 is 12.3. The van der Waals surface area contributed by atoms with Gasteiger partial charge in [0.05, 0.1) is 17.8 Å². The Bertz CT molecular complexity index is 1350. The number of carbonyl (C=O) groups is 3. The quantitative estimate of drug-likeness (QED) is 0.313. The molecule has 9 heteroatoms. The summed E-state index contributed by atoms with van der Waals surface area (Å²) in [6, 6.07) is 16.9. The number of benzene rings is 3. The highest BCUT2D eigenvalue weighted by Gasteiger charge is 2.36. The second-order valence-corrected chi connectivity index (χ2v) is 9.07. The number of rotatable bonds is 6. The SMILES string of the molecule is COc1cc(/C=C2\C(=O)NC(=O)N(c3cccc(C)c3)C2=O)cc(Cl)c1OCc1ccc(Br)cc1. The van der Waals surface area contributed by atoms with E-state index in [9.17, 15) is 14.4 Å². The predicted molar refractivity (Wildman–Crippen MR) is 137 cm³/mol. The summed E-state index contributed by atoms with van der Waals surface area (Å²) in [5.41, 5.74) is 2.37. The molecule has 4 rings (SSSR count). The van der Waals surface area contributed by atoms with Crippen LogP contribution in [0, 0.1) is 6.92 Å². The summed E-state index contributed by atoms with van der Waals surface area (Å²) in [7, 11) is 1.46. The van der Waals surface area contributed by atoms with E-state index in [2.05, 4.69) is 21.2 Å². The monoisotopic (exact) mass is 554 g/mol. The Balaban J connectivity index is 1.64. The molecule has 35 heavy (non-hydrogen) atoms. The van der Waals surface area contributed by atoms with Crippen LogP contribution in [0.2, 0.25) is 5.02 Å². The molecule has 0 atom stereocenters. The summed E-state index contributed by atoms with van der Waals surface area (Å²) in [5, 5.41) is 2.45. The first kappa shape index (κ1) is 24.5. The number of ether oxygens (including phenoxy) is 2. The fourth-order valence-corrected chi connectivity index (χ4v) is 4.06. The lowest BCUT2D eigenvalue weighted by Gasteiger charge is -2.26. The molecule has 1 aliphatic rings. The van der Waals surface area contributed by atoms with Crippen molar-refractivity contribution in [3.8, 4) is 11.5 Å². The smallest absolute Gasteiger partial charge is 0.335 e. The maximum Gasteiger partial charge on any atom is 0.335 e. The van der Waals surface area contributed by atoms with Crippen molar-refractivity contribution in [2.45, 2.75) is 13.5 Å². The Labute approximate surface area is 215 Å². The molecule has 0 unspecified atom stereocenters. The lowest BCUT2D eigenvalue weighted by Crippen LogP contribution is -2.54. The van der Waals surface area contributed by atoms with E-state index in [-0.39, 0.29) is 17.2 Å². The molecule has 4 amide bonds. The number of halogens is 2. The summed E-state index contributed by atoms with van der Waals surface area (Å²) in [6.45, 7) is 2.10. The highest BCUT2D eigenvalue weighted by atomic mass is 79.9. The fraction of sp³-hybridized carbons (Fsp3) is 0.115. The summed E-state index contributed by atoms with van der Waals surface area (Å²) in [6.07, 6.45) is 1.36. The van der Waals surface area contributed by atoms with Gasteiger partial charge in [0, 0.05) is 4.47 Å². The van der Waals surface area contributed by atoms with Gasteiger partial charge in [0.25, 0.3) is 11.8 Å². The molecule has 3 aromatic rings. The van der Waals surface area contributed by atoms with Crippen molar-refractivity contribution in [2.75, 3.05) is 12.0 Å². The molecule has 1 saturated heterocycles. The van der Waals surface area contributed by atoms with Gasteiger partial charge in [0.1, 0.15) is 12.2 Å². The van der Waals surface area contributed by atoms with Gasteiger partial charge in [-0.1, -0.05) is 51.8 Å². The number of urea groups is 1. The van der Waals surface area contributed by atoms with Gasteiger partial charge in [-0.2, -0.15) is 0 Å². The normalized spacial score (nSPS) is 14.8. The third-order valence-electron chi connectivity index (χ3n) is 5.22. The Hall–Kier alpha value is -3.62. The molecule has 0 aromatic heterocycles. The van der Waals surface area contributed by atoms with E-state index in [1.54, 1.807) is 30.3 Å². The van der Waals surface area contributed by atoms with Crippen LogP contribution in [0.4, 0.5) is 10.5 Å². The summed E-state index contributed by atoms with van der Waals surface area (Å²) in [5.74, 6) is -0.878. The zero-order valence-electron chi connectivity index (χ0n) is 18.8. The molecule has 0 saturated carbocycles. The third-order valence-corrected chi connectivity index (χ3v) is 6.03. The van der Waals surface area contributed by atoms with Crippen LogP contribution in [0.1, 0.15) is 16.7 Å². The van der Waals surface area contributed by atoms with Crippen molar-refractivity contribution < 1.29 is 23.9 Å². The first-order valence-corrected chi connectivity index (χ1v) is 11.7. The van der Waals surface area contributed by atoms with Crippen LogP contribution in [0.15, 0.2) is 70.7 Å². The van der Waals surface area contributed by atoms with Gasteiger partial charge in [-0.25, -0.2) is 9.69 Å². The van der Waals surface area contributed by atoms with Crippen LogP contribution in [0.25, 0.3) is 6.08 Å². The van der Waals surface area contributed by atoms with Crippen molar-refractivity contribution >= 4 is 57.1 Å². The second kappa shape index (κ2) is 10.3. The minimum Gasteiger partial charge on any atom is -0.493 e. The molecule has 0 spiro atoms. The lowest BCUT2D eigenvalue weighted by atomic mass is 10.1. The number of amides is 4. The Kier molecular flexibility index (Phi) is 7.23. The number of hydrogen-bond donors (Lipinski definition) is 1. The van der Waals surface area contributed by atoms with E-state index >= 15 is 0 Å². The van der Waals surface area contributed by atoms with Gasteiger partial charge >= 0.3 is 6.03 Å². The van der Waals surface area contributed by atoms with Crippen LogP contribution in [-0.2, 0) is 16.2 Å². The van der Waals surface area contributed by atoms with E-state index in [0.717, 1.165) is 20.5 Å². The van der Waals surface area contributed by atoms with E-state index in [1.165, 1.54) is 13.2 Å². The van der Waals surface area contributed by atoms with Crippen LogP contribution < -0.4 is 19.7 Å². The Morgan fingerprint density at radius 3 is 2.49 bits per heavy atom. The molecule has 7 nitrogen and oxygen atoms in total. The largest absolute Gasteiger partial charge is 0.493 e. The van der Waals surface area contributed by atoms with Crippen molar-refractivity contribution in [1.82, 2.24) is 5.32 Å². The zero-order chi connectivity index (χ0) is 25.1. The van der Waals surface area contributed by atoms with Crippen LogP contribution in [0.3, 0.4) is 0 Å². The molecule has 3 aromatic carbocycles. The Morgan fingerprint density at radius 1 is 1.06 bits per heavy atom. The number of hydrogen-bond acceptors (Lipinski definition) is 5. The molecule has 0 bridgehead atoms. The van der Waals surface area contributed by atoms with Crippen molar-refractivity contribution in [3.05, 3.63) is 92.4 Å². The molecule has 1 N–H and O–H groups in total. The van der Waals surface area contributed by atoms with E-state index in [0.29, 0.717) is 22.7 Å². The number of anilines is 1. The molecule has 178 valence electrons.